The van der Waals surface area contributed by atoms with Crippen molar-refractivity contribution in [3.8, 4) is 0 Å². The van der Waals surface area contributed by atoms with E-state index in [4.69, 9.17) is 0 Å². The summed E-state index contributed by atoms with van der Waals surface area (Å²) in [5, 5.41) is 8.28. The number of benzene rings is 4. The zero-order chi connectivity index (χ0) is 14.4. The van der Waals surface area contributed by atoms with Crippen molar-refractivity contribution in [2.24, 2.45) is 0 Å². The Bertz CT molecular complexity index is 921. The Hall–Kier alpha value is -1.60. The molecule has 104 valence electrons. The van der Waals surface area contributed by atoms with E-state index in [9.17, 15) is 0 Å². The van der Waals surface area contributed by atoms with Crippen LogP contribution in [0.5, 0.6) is 0 Å². The second-order valence-corrected chi connectivity index (χ2v) is 6.65. The van der Waals surface area contributed by atoms with Crippen molar-refractivity contribution in [2.45, 2.75) is 26.2 Å². The summed E-state index contributed by atoms with van der Waals surface area (Å²) in [4.78, 5) is 0. The molecule has 1 heteroatoms. The molecule has 0 saturated carbocycles. The number of unbranched alkanes of at least 4 members (excludes halogenated alkanes) is 1. The fraction of sp³-hybridized carbons (Fsp3) is 0.200. The third kappa shape index (κ3) is 1.95. The lowest BCUT2D eigenvalue weighted by atomic mass is 9.90. The molecule has 0 nitrogen and oxygen atoms in total. The van der Waals surface area contributed by atoms with E-state index in [1.165, 1.54) is 55.2 Å². The molecule has 0 radical (unpaired) electrons. The van der Waals surface area contributed by atoms with Crippen LogP contribution in [0.3, 0.4) is 0 Å². The highest BCUT2D eigenvalue weighted by Gasteiger charge is 2.13. The van der Waals surface area contributed by atoms with Crippen LogP contribution in [0.2, 0.25) is 0 Å². The van der Waals surface area contributed by atoms with Crippen molar-refractivity contribution in [2.75, 3.05) is 0 Å². The summed E-state index contributed by atoms with van der Waals surface area (Å²) in [5.74, 6) is 0. The molecule has 0 aliphatic rings. The summed E-state index contributed by atoms with van der Waals surface area (Å²) in [7, 11) is 0. The first kappa shape index (κ1) is 13.1. The summed E-state index contributed by atoms with van der Waals surface area (Å²) in [6.07, 6.45) is 3.61. The van der Waals surface area contributed by atoms with Crippen molar-refractivity contribution >= 4 is 48.2 Å². The number of hydrogen-bond acceptors (Lipinski definition) is 0. The minimum atomic E-state index is 1.14. The van der Waals surface area contributed by atoms with Crippen LogP contribution in [-0.4, -0.2) is 0 Å². The molecule has 21 heavy (non-hydrogen) atoms. The predicted octanol–water partition coefficient (Wildman–Crippen LogP) is 6.69. The maximum Gasteiger partial charge on any atom is 0.0219 e. The number of aryl methyl sites for hydroxylation is 1. The van der Waals surface area contributed by atoms with E-state index in [0.29, 0.717) is 0 Å². The molecular weight excluding hydrogens is 320 g/mol. The van der Waals surface area contributed by atoms with Crippen LogP contribution in [0.1, 0.15) is 25.3 Å². The molecule has 0 amide bonds. The molecule has 0 heterocycles. The number of hydrogen-bond donors (Lipinski definition) is 0. The normalized spacial score (nSPS) is 11.9. The van der Waals surface area contributed by atoms with Gasteiger partial charge in [0.2, 0.25) is 0 Å². The molecule has 0 aliphatic carbocycles. The maximum atomic E-state index is 3.79. The molecule has 4 aromatic rings. The first-order chi connectivity index (χ1) is 10.3. The SMILES string of the molecule is CCCCc1c(Br)cc2ccc3cccc4ccc1c2c34. The van der Waals surface area contributed by atoms with E-state index in [-0.39, 0.29) is 0 Å². The third-order valence-corrected chi connectivity index (χ3v) is 5.19. The summed E-state index contributed by atoms with van der Waals surface area (Å²) >= 11 is 3.79. The van der Waals surface area contributed by atoms with E-state index < -0.39 is 0 Å². The topological polar surface area (TPSA) is 0 Å². The lowest BCUT2D eigenvalue weighted by molar-refractivity contribution is 0.797. The summed E-state index contributed by atoms with van der Waals surface area (Å²) in [5.41, 5.74) is 1.46. The van der Waals surface area contributed by atoms with E-state index in [1.54, 1.807) is 0 Å². The van der Waals surface area contributed by atoms with Crippen molar-refractivity contribution in [1.29, 1.82) is 0 Å². The summed E-state index contributed by atoms with van der Waals surface area (Å²) < 4.78 is 1.25. The average Bonchev–Trinajstić information content (AvgIpc) is 2.51. The maximum absolute atomic E-state index is 3.79. The van der Waals surface area contributed by atoms with Crippen LogP contribution in [-0.2, 0) is 6.42 Å². The van der Waals surface area contributed by atoms with Gasteiger partial charge in [-0.05, 0) is 56.8 Å². The van der Waals surface area contributed by atoms with Gasteiger partial charge in [-0.3, -0.25) is 0 Å². The highest BCUT2D eigenvalue weighted by atomic mass is 79.9. The molecule has 0 fully saturated rings. The van der Waals surface area contributed by atoms with Crippen molar-refractivity contribution in [3.05, 3.63) is 58.6 Å². The third-order valence-electron chi connectivity index (χ3n) is 4.48. The highest BCUT2D eigenvalue weighted by Crippen LogP contribution is 2.39. The Morgan fingerprint density at radius 1 is 0.857 bits per heavy atom. The van der Waals surface area contributed by atoms with Gasteiger partial charge in [0, 0.05) is 4.47 Å². The van der Waals surface area contributed by atoms with Gasteiger partial charge in [0.15, 0.2) is 0 Å². The van der Waals surface area contributed by atoms with E-state index >= 15 is 0 Å². The van der Waals surface area contributed by atoms with Gasteiger partial charge in [0.05, 0.1) is 0 Å². The predicted molar refractivity (Wildman–Crippen MR) is 96.5 cm³/mol. The molecular formula is C20H17Br. The summed E-state index contributed by atoms with van der Waals surface area (Å²) in [6, 6.07) is 17.9. The van der Waals surface area contributed by atoms with Gasteiger partial charge in [-0.1, -0.05) is 71.7 Å². The van der Waals surface area contributed by atoms with Gasteiger partial charge in [-0.25, -0.2) is 0 Å². The van der Waals surface area contributed by atoms with Gasteiger partial charge in [-0.15, -0.1) is 0 Å². The van der Waals surface area contributed by atoms with Crippen LogP contribution in [0, 0.1) is 0 Å². The average molecular weight is 337 g/mol. The van der Waals surface area contributed by atoms with E-state index in [1.807, 2.05) is 0 Å². The molecule has 0 bridgehead atoms. The Balaban J connectivity index is 2.18. The molecule has 0 atom stereocenters. The smallest absolute Gasteiger partial charge is 0.0219 e. The molecule has 0 spiro atoms. The van der Waals surface area contributed by atoms with Crippen LogP contribution in [0.15, 0.2) is 53.0 Å². The van der Waals surface area contributed by atoms with Gasteiger partial charge < -0.3 is 0 Å². The Labute approximate surface area is 133 Å². The molecule has 0 aliphatic heterocycles. The lowest BCUT2D eigenvalue weighted by Gasteiger charge is -2.15. The van der Waals surface area contributed by atoms with E-state index in [0.717, 1.165) is 6.42 Å². The lowest BCUT2D eigenvalue weighted by Crippen LogP contribution is -1.92. The largest absolute Gasteiger partial charge is 0.0654 e. The minimum absolute atomic E-state index is 1.14. The fourth-order valence-corrected chi connectivity index (χ4v) is 4.10. The first-order valence-corrected chi connectivity index (χ1v) is 8.44. The summed E-state index contributed by atoms with van der Waals surface area (Å²) in [6.45, 7) is 2.25. The van der Waals surface area contributed by atoms with Gasteiger partial charge in [0.1, 0.15) is 0 Å². The molecule has 0 N–H and O–H groups in total. The van der Waals surface area contributed by atoms with Crippen LogP contribution >= 0.6 is 15.9 Å². The Morgan fingerprint density at radius 3 is 2.33 bits per heavy atom. The quantitative estimate of drug-likeness (QED) is 0.365. The second kappa shape index (κ2) is 4.99. The second-order valence-electron chi connectivity index (χ2n) is 5.80. The Kier molecular flexibility index (Phi) is 3.11. The standard InChI is InChI=1S/C20H17Br/c1-2-3-7-16-17-11-10-14-6-4-5-13-8-9-15(12-18(16)21)20(17)19(13)14/h4-6,8-12H,2-3,7H2,1H3. The van der Waals surface area contributed by atoms with Crippen molar-refractivity contribution < 1.29 is 0 Å². The van der Waals surface area contributed by atoms with Crippen molar-refractivity contribution in [1.82, 2.24) is 0 Å². The van der Waals surface area contributed by atoms with Crippen molar-refractivity contribution in [3.63, 3.8) is 0 Å². The van der Waals surface area contributed by atoms with Crippen LogP contribution < -0.4 is 0 Å². The van der Waals surface area contributed by atoms with Gasteiger partial charge in [-0.2, -0.15) is 0 Å². The monoisotopic (exact) mass is 336 g/mol. The molecule has 0 aromatic heterocycles. The zero-order valence-corrected chi connectivity index (χ0v) is 13.7. The zero-order valence-electron chi connectivity index (χ0n) is 12.1. The van der Waals surface area contributed by atoms with Crippen LogP contribution in [0.25, 0.3) is 32.3 Å². The van der Waals surface area contributed by atoms with Gasteiger partial charge in [0.25, 0.3) is 0 Å². The Morgan fingerprint density at radius 2 is 1.57 bits per heavy atom. The first-order valence-electron chi connectivity index (χ1n) is 7.64. The number of rotatable bonds is 3. The minimum Gasteiger partial charge on any atom is -0.0654 e. The molecule has 0 unspecified atom stereocenters. The molecule has 4 rings (SSSR count). The van der Waals surface area contributed by atoms with E-state index in [2.05, 4.69) is 71.4 Å². The highest BCUT2D eigenvalue weighted by molar-refractivity contribution is 9.10. The molecule has 0 saturated heterocycles. The van der Waals surface area contributed by atoms with Crippen LogP contribution in [0.4, 0.5) is 0 Å². The fourth-order valence-electron chi connectivity index (χ4n) is 3.44. The van der Waals surface area contributed by atoms with Gasteiger partial charge >= 0.3 is 0 Å². The molecule has 4 aromatic carbocycles. The number of halogens is 1.